The maximum Gasteiger partial charge on any atom is 0.343 e. The molecule has 10 heteroatoms. The van der Waals surface area contributed by atoms with E-state index >= 15 is 4.39 Å². The van der Waals surface area contributed by atoms with Gasteiger partial charge in [0.2, 0.25) is 5.43 Å². The monoisotopic (exact) mass is 560 g/mol. The van der Waals surface area contributed by atoms with Crippen LogP contribution in [0.2, 0.25) is 0 Å². The second-order valence-electron chi connectivity index (χ2n) is 10.2. The molecule has 0 N–H and O–H groups in total. The summed E-state index contributed by atoms with van der Waals surface area (Å²) < 4.78 is 50.4. The van der Waals surface area contributed by atoms with Gasteiger partial charge in [-0.05, 0) is 36.3 Å². The highest BCUT2D eigenvalue weighted by molar-refractivity contribution is 5.94. The average Bonchev–Trinajstić information content (AvgIpc) is 3.37. The molecule has 2 aliphatic heterocycles. The molecule has 0 bridgehead atoms. The van der Waals surface area contributed by atoms with Crippen molar-refractivity contribution in [2.24, 2.45) is 0 Å². The van der Waals surface area contributed by atoms with Gasteiger partial charge in [0, 0.05) is 51.0 Å². The van der Waals surface area contributed by atoms with Crippen molar-refractivity contribution < 1.29 is 22.7 Å². The van der Waals surface area contributed by atoms with Crippen molar-refractivity contribution in [2.75, 3.05) is 32.8 Å². The maximum absolute atomic E-state index is 15.6. The predicted molar refractivity (Wildman–Crippen MR) is 148 cm³/mol. The molecule has 1 saturated heterocycles. The summed E-state index contributed by atoms with van der Waals surface area (Å²) in [6.07, 6.45) is 3.10. The van der Waals surface area contributed by atoms with E-state index in [1.165, 1.54) is 16.2 Å². The lowest BCUT2D eigenvalue weighted by atomic mass is 10.1. The minimum Gasteiger partial charge on any atom is -0.462 e. The molecule has 1 unspecified atom stereocenters. The third-order valence-corrected chi connectivity index (χ3v) is 7.53. The third kappa shape index (κ3) is 5.16. The molecule has 0 amide bonds. The van der Waals surface area contributed by atoms with E-state index in [1.807, 2.05) is 24.3 Å². The smallest absolute Gasteiger partial charge is 0.343 e. The molecule has 0 radical (unpaired) electrons. The van der Waals surface area contributed by atoms with Gasteiger partial charge >= 0.3 is 5.97 Å². The number of ether oxygens (including phenoxy) is 1. The zero-order chi connectivity index (χ0) is 28.7. The highest BCUT2D eigenvalue weighted by atomic mass is 19.1. The zero-order valence-electron chi connectivity index (χ0n) is 22.3. The van der Waals surface area contributed by atoms with Crippen molar-refractivity contribution in [1.29, 1.82) is 0 Å². The Balaban J connectivity index is 1.42. The molecule has 1 fully saturated rings. The Hall–Kier alpha value is -4.28. The highest BCUT2D eigenvalue weighted by Crippen LogP contribution is 2.30. The van der Waals surface area contributed by atoms with Crippen LogP contribution in [0.5, 0.6) is 0 Å². The molecule has 210 valence electrons. The Labute approximate surface area is 234 Å². The average molecular weight is 561 g/mol. The molecule has 2 aliphatic rings. The van der Waals surface area contributed by atoms with Gasteiger partial charge in [0.15, 0.2) is 0 Å². The van der Waals surface area contributed by atoms with Crippen LogP contribution in [0.1, 0.15) is 28.5 Å². The molecule has 2 aromatic carbocycles. The number of benzene rings is 2. The van der Waals surface area contributed by atoms with Crippen molar-refractivity contribution in [3.8, 4) is 5.69 Å². The largest absolute Gasteiger partial charge is 0.462 e. The lowest BCUT2D eigenvalue weighted by Gasteiger charge is -2.37. The van der Waals surface area contributed by atoms with Gasteiger partial charge in [-0.25, -0.2) is 22.9 Å². The van der Waals surface area contributed by atoms with Crippen LogP contribution in [0.15, 0.2) is 71.7 Å². The minimum atomic E-state index is -0.937. The number of nitrogens with zero attached hydrogens (tertiary/aromatic N) is 4. The zero-order valence-corrected chi connectivity index (χ0v) is 22.3. The fourth-order valence-corrected chi connectivity index (χ4v) is 5.57. The highest BCUT2D eigenvalue weighted by Gasteiger charge is 2.33. The van der Waals surface area contributed by atoms with E-state index in [-0.39, 0.29) is 35.1 Å². The van der Waals surface area contributed by atoms with Crippen LogP contribution in [-0.2, 0) is 11.3 Å². The van der Waals surface area contributed by atoms with Crippen LogP contribution in [0.25, 0.3) is 22.3 Å². The van der Waals surface area contributed by atoms with Crippen LogP contribution < -0.4 is 5.43 Å². The van der Waals surface area contributed by atoms with E-state index in [9.17, 15) is 18.4 Å². The van der Waals surface area contributed by atoms with E-state index in [1.54, 1.807) is 6.92 Å². The first-order valence-corrected chi connectivity index (χ1v) is 13.4. The summed E-state index contributed by atoms with van der Waals surface area (Å²) in [5, 5.41) is -0.217. The van der Waals surface area contributed by atoms with Gasteiger partial charge in [0.05, 0.1) is 17.7 Å². The van der Waals surface area contributed by atoms with Gasteiger partial charge < -0.3 is 4.74 Å². The van der Waals surface area contributed by atoms with Gasteiger partial charge in [-0.3, -0.25) is 19.2 Å². The number of pyridine rings is 2. The molecular weight excluding hydrogens is 533 g/mol. The Kier molecular flexibility index (Phi) is 7.19. The molecule has 0 spiro atoms. The SMILES string of the molecule is CCOC(=O)c1cn(-c2ccc(F)cc2F)c2nc(C3=CC4CN(Cc5ccccc5)CCN4C3)c(F)cc2c1=O. The van der Waals surface area contributed by atoms with Gasteiger partial charge in [-0.2, -0.15) is 0 Å². The number of hydrogen-bond donors (Lipinski definition) is 0. The molecule has 41 heavy (non-hydrogen) atoms. The Morgan fingerprint density at radius 2 is 1.85 bits per heavy atom. The Morgan fingerprint density at radius 1 is 1.05 bits per heavy atom. The van der Waals surface area contributed by atoms with Crippen LogP contribution in [0.4, 0.5) is 13.2 Å². The lowest BCUT2D eigenvalue weighted by Crippen LogP contribution is -2.49. The number of piperazine rings is 1. The predicted octanol–water partition coefficient (Wildman–Crippen LogP) is 4.56. The summed E-state index contributed by atoms with van der Waals surface area (Å²) in [6.45, 7) is 5.28. The van der Waals surface area contributed by atoms with Crippen LogP contribution >= 0.6 is 0 Å². The first kappa shape index (κ1) is 26.9. The number of hydrogen-bond acceptors (Lipinski definition) is 6. The fourth-order valence-electron chi connectivity index (χ4n) is 5.57. The molecular formula is C31H27F3N4O3. The summed E-state index contributed by atoms with van der Waals surface area (Å²) >= 11 is 0. The second-order valence-corrected chi connectivity index (χ2v) is 10.2. The minimum absolute atomic E-state index is 0.00136. The second kappa shape index (κ2) is 10.9. The molecule has 0 saturated carbocycles. The van der Waals surface area contributed by atoms with Crippen LogP contribution in [0.3, 0.4) is 0 Å². The summed E-state index contributed by atoms with van der Waals surface area (Å²) in [4.78, 5) is 34.9. The van der Waals surface area contributed by atoms with Gasteiger partial charge in [-0.15, -0.1) is 0 Å². The summed E-state index contributed by atoms with van der Waals surface area (Å²) in [7, 11) is 0. The number of aromatic nitrogens is 2. The maximum atomic E-state index is 15.6. The van der Waals surface area contributed by atoms with Crippen molar-refractivity contribution in [1.82, 2.24) is 19.4 Å². The number of rotatable bonds is 6. The molecule has 4 aromatic rings. The first-order chi connectivity index (χ1) is 19.8. The summed E-state index contributed by atoms with van der Waals surface area (Å²) in [5.41, 5.74) is 0.517. The van der Waals surface area contributed by atoms with E-state index in [0.717, 1.165) is 44.5 Å². The number of halogens is 3. The normalized spacial score (nSPS) is 17.5. The Bertz CT molecular complexity index is 1740. The lowest BCUT2D eigenvalue weighted by molar-refractivity contribution is 0.0524. The molecule has 2 aromatic heterocycles. The van der Waals surface area contributed by atoms with Crippen molar-refractivity contribution in [2.45, 2.75) is 19.5 Å². The summed E-state index contributed by atoms with van der Waals surface area (Å²) in [6, 6.07) is 14.2. The number of esters is 1. The molecule has 6 rings (SSSR count). The number of carbonyl (C=O) groups is 1. The topological polar surface area (TPSA) is 67.7 Å². The Morgan fingerprint density at radius 3 is 2.61 bits per heavy atom. The molecule has 7 nitrogen and oxygen atoms in total. The van der Waals surface area contributed by atoms with E-state index in [0.29, 0.717) is 18.2 Å². The third-order valence-electron chi connectivity index (χ3n) is 7.53. The van der Waals surface area contributed by atoms with E-state index in [2.05, 4.69) is 26.9 Å². The standard InChI is InChI=1S/C31H27F3N4O3/c1-2-41-31(40)24-18-38(27-9-8-21(32)13-25(27)33)30-23(29(24)39)14-26(34)28(35-30)20-12-22-17-36(10-11-37(22)16-20)15-19-6-4-3-5-7-19/h3-9,12-14,18,22H,2,10-11,15-17H2,1H3. The van der Waals surface area contributed by atoms with E-state index in [4.69, 9.17) is 4.74 Å². The van der Waals surface area contributed by atoms with Crippen LogP contribution in [0, 0.1) is 17.5 Å². The van der Waals surface area contributed by atoms with E-state index < -0.39 is 34.4 Å². The van der Waals surface area contributed by atoms with Gasteiger partial charge in [0.1, 0.15) is 34.4 Å². The number of carbonyl (C=O) groups excluding carboxylic acids is 1. The summed E-state index contributed by atoms with van der Waals surface area (Å²) in [5.74, 6) is -3.39. The van der Waals surface area contributed by atoms with Gasteiger partial charge in [-0.1, -0.05) is 36.4 Å². The quantitative estimate of drug-likeness (QED) is 0.322. The number of fused-ring (bicyclic) bond motifs is 2. The fraction of sp³-hybridized carbons (Fsp3) is 0.258. The van der Waals surface area contributed by atoms with Gasteiger partial charge in [0.25, 0.3) is 0 Å². The van der Waals surface area contributed by atoms with Crippen molar-refractivity contribution in [3.05, 3.63) is 111 Å². The molecule has 4 heterocycles. The van der Waals surface area contributed by atoms with Crippen molar-refractivity contribution >= 4 is 22.6 Å². The molecule has 0 aliphatic carbocycles. The van der Waals surface area contributed by atoms with Crippen LogP contribution in [-0.4, -0.2) is 64.1 Å². The van der Waals surface area contributed by atoms with Crippen molar-refractivity contribution in [3.63, 3.8) is 0 Å². The molecule has 1 atom stereocenters. The first-order valence-electron chi connectivity index (χ1n) is 13.4.